The molecular weight excluding hydrogens is 132 g/mol. The molecule has 4 nitrogen and oxygen atoms in total. The third-order valence-electron chi connectivity index (χ3n) is 0.629. The zero-order valence-electron chi connectivity index (χ0n) is 6.59. The van der Waals surface area contributed by atoms with Gasteiger partial charge in [-0.3, -0.25) is 0 Å². The normalized spacial score (nSPS) is 7.90. The van der Waals surface area contributed by atoms with E-state index in [-0.39, 0.29) is 6.61 Å². The number of ether oxygens (including phenoxy) is 1. The lowest BCUT2D eigenvalue weighted by molar-refractivity contribution is -0.110. The van der Waals surface area contributed by atoms with E-state index >= 15 is 0 Å². The van der Waals surface area contributed by atoms with Gasteiger partial charge in [0.05, 0.1) is 0 Å². The van der Waals surface area contributed by atoms with Gasteiger partial charge in [0.25, 0.3) is 0 Å². The smallest absolute Gasteiger partial charge is 0.145 e. The molecule has 10 heavy (non-hydrogen) atoms. The van der Waals surface area contributed by atoms with Crippen LogP contribution in [0.15, 0.2) is 0 Å². The third-order valence-corrected chi connectivity index (χ3v) is 0.629. The van der Waals surface area contributed by atoms with E-state index < -0.39 is 0 Å². The minimum Gasteiger partial charge on any atom is -0.377 e. The number of likely N-dealkylation sites (N-methyl/N-ethyl adjacent to an activating group) is 1. The van der Waals surface area contributed by atoms with Crippen LogP contribution in [0, 0.1) is 0 Å². The largest absolute Gasteiger partial charge is 0.377 e. The van der Waals surface area contributed by atoms with E-state index in [0.717, 1.165) is 13.1 Å². The Kier molecular flexibility index (Phi) is 19.4. The molecule has 0 rings (SSSR count). The lowest BCUT2D eigenvalue weighted by Crippen LogP contribution is -2.17. The van der Waals surface area contributed by atoms with Crippen LogP contribution in [0.1, 0.15) is 0 Å². The van der Waals surface area contributed by atoms with E-state index in [1.165, 1.54) is 7.11 Å². The number of rotatable bonds is 4. The van der Waals surface area contributed by atoms with Crippen molar-refractivity contribution in [1.29, 1.82) is 0 Å². The number of carbonyl (C=O) groups excluding carboxylic acids is 1. The summed E-state index contributed by atoms with van der Waals surface area (Å²) in [4.78, 5) is 9.28. The lowest BCUT2D eigenvalue weighted by atomic mass is 10.7. The Hall–Kier alpha value is -0.450. The van der Waals surface area contributed by atoms with Crippen molar-refractivity contribution in [3.8, 4) is 0 Å². The van der Waals surface area contributed by atoms with E-state index in [9.17, 15) is 4.79 Å². The molecule has 0 saturated carbocycles. The summed E-state index contributed by atoms with van der Waals surface area (Å²) in [5.74, 6) is 0. The molecule has 0 aromatic heterocycles. The molecule has 0 amide bonds. The quantitative estimate of drug-likeness (QED) is 0.502. The molecule has 62 valence electrons. The maximum Gasteiger partial charge on any atom is 0.145 e. The van der Waals surface area contributed by atoms with Crippen LogP contribution in [0.2, 0.25) is 0 Å². The first-order valence-electron chi connectivity index (χ1n) is 3.10. The van der Waals surface area contributed by atoms with Crippen molar-refractivity contribution in [3.05, 3.63) is 0 Å². The first-order valence-corrected chi connectivity index (χ1v) is 3.10. The van der Waals surface area contributed by atoms with Crippen LogP contribution in [0.4, 0.5) is 0 Å². The van der Waals surface area contributed by atoms with Gasteiger partial charge in [-0.2, -0.15) is 0 Å². The Bertz CT molecular complexity index is 57.7. The fourth-order valence-electron chi connectivity index (χ4n) is 0.212. The number of hydrogen-bond donors (Lipinski definition) is 2. The SMILES string of the molecule is CNCCN.COCC=O. The fraction of sp³-hybridized carbons (Fsp3) is 0.833. The summed E-state index contributed by atoms with van der Waals surface area (Å²) in [7, 11) is 3.36. The molecule has 0 atom stereocenters. The second-order valence-corrected chi connectivity index (χ2v) is 1.51. The van der Waals surface area contributed by atoms with Gasteiger partial charge in [-0.15, -0.1) is 0 Å². The van der Waals surface area contributed by atoms with Gasteiger partial charge in [0.2, 0.25) is 0 Å². The van der Waals surface area contributed by atoms with Crippen LogP contribution in [0.5, 0.6) is 0 Å². The summed E-state index contributed by atoms with van der Waals surface area (Å²) in [6.45, 7) is 1.86. The molecule has 0 radical (unpaired) electrons. The van der Waals surface area contributed by atoms with Crippen molar-refractivity contribution in [3.63, 3.8) is 0 Å². The average molecular weight is 148 g/mol. The fourth-order valence-corrected chi connectivity index (χ4v) is 0.212. The first-order chi connectivity index (χ1) is 4.83. The molecule has 0 fully saturated rings. The Labute approximate surface area is 61.7 Å². The molecule has 0 unspecified atom stereocenters. The van der Waals surface area contributed by atoms with Gasteiger partial charge in [-0.1, -0.05) is 0 Å². The van der Waals surface area contributed by atoms with Crippen molar-refractivity contribution < 1.29 is 9.53 Å². The van der Waals surface area contributed by atoms with E-state index in [1.54, 1.807) is 0 Å². The zero-order valence-corrected chi connectivity index (χ0v) is 6.59. The molecule has 0 aliphatic rings. The van der Waals surface area contributed by atoms with Gasteiger partial charge in [0, 0.05) is 20.2 Å². The highest BCUT2D eigenvalue weighted by atomic mass is 16.5. The minimum absolute atomic E-state index is 0.208. The van der Waals surface area contributed by atoms with E-state index in [4.69, 9.17) is 5.73 Å². The van der Waals surface area contributed by atoms with Gasteiger partial charge < -0.3 is 20.6 Å². The van der Waals surface area contributed by atoms with Gasteiger partial charge in [0.15, 0.2) is 0 Å². The maximum absolute atomic E-state index is 9.28. The number of hydrogen-bond acceptors (Lipinski definition) is 4. The number of aldehydes is 1. The van der Waals surface area contributed by atoms with Crippen LogP contribution in [0.3, 0.4) is 0 Å². The Balaban J connectivity index is 0. The molecule has 0 saturated heterocycles. The zero-order chi connectivity index (χ0) is 8.24. The Morgan fingerprint density at radius 3 is 2.30 bits per heavy atom. The second-order valence-electron chi connectivity index (χ2n) is 1.51. The molecule has 0 bridgehead atoms. The number of carbonyl (C=O) groups is 1. The third kappa shape index (κ3) is 25.7. The molecule has 0 aromatic carbocycles. The van der Waals surface area contributed by atoms with Crippen molar-refractivity contribution in [1.82, 2.24) is 5.32 Å². The standard InChI is InChI=1S/C3H10N2.C3H6O2/c2*1-5-3-2-4/h5H,2-4H2,1H3;2H,3H2,1H3. The van der Waals surface area contributed by atoms with Crippen LogP contribution in [0.25, 0.3) is 0 Å². The summed E-state index contributed by atoms with van der Waals surface area (Å²) in [6, 6.07) is 0. The number of nitrogens with two attached hydrogens (primary N) is 1. The van der Waals surface area contributed by atoms with E-state index in [1.807, 2.05) is 7.05 Å². The average Bonchev–Trinajstić information content (AvgIpc) is 1.93. The van der Waals surface area contributed by atoms with Crippen LogP contribution in [-0.4, -0.2) is 40.1 Å². The highest BCUT2D eigenvalue weighted by molar-refractivity contribution is 5.50. The summed E-state index contributed by atoms with van der Waals surface area (Å²) in [5, 5.41) is 2.89. The summed E-state index contributed by atoms with van der Waals surface area (Å²) in [5.41, 5.74) is 5.08. The van der Waals surface area contributed by atoms with E-state index in [0.29, 0.717) is 6.29 Å². The highest BCUT2D eigenvalue weighted by Crippen LogP contribution is 1.50. The molecule has 0 spiro atoms. The maximum atomic E-state index is 9.28. The Morgan fingerprint density at radius 1 is 1.70 bits per heavy atom. The molecular formula is C6H16N2O2. The number of nitrogens with one attached hydrogen (secondary N) is 1. The molecule has 0 aliphatic heterocycles. The minimum atomic E-state index is 0.208. The van der Waals surface area contributed by atoms with Gasteiger partial charge in [-0.05, 0) is 7.05 Å². The molecule has 0 heterocycles. The Morgan fingerprint density at radius 2 is 2.30 bits per heavy atom. The summed E-state index contributed by atoms with van der Waals surface area (Å²) >= 11 is 0. The second kappa shape index (κ2) is 15.8. The summed E-state index contributed by atoms with van der Waals surface area (Å²) < 4.78 is 4.32. The molecule has 0 aromatic rings. The van der Waals surface area contributed by atoms with Crippen molar-refractivity contribution in [2.45, 2.75) is 0 Å². The highest BCUT2D eigenvalue weighted by Gasteiger charge is 1.64. The van der Waals surface area contributed by atoms with Crippen LogP contribution >= 0.6 is 0 Å². The van der Waals surface area contributed by atoms with Crippen molar-refractivity contribution in [2.75, 3.05) is 33.9 Å². The van der Waals surface area contributed by atoms with Crippen LogP contribution in [-0.2, 0) is 9.53 Å². The van der Waals surface area contributed by atoms with Gasteiger partial charge in [-0.25, -0.2) is 0 Å². The van der Waals surface area contributed by atoms with Crippen LogP contribution < -0.4 is 11.1 Å². The topological polar surface area (TPSA) is 64.3 Å². The van der Waals surface area contributed by atoms with E-state index in [2.05, 4.69) is 10.1 Å². The van der Waals surface area contributed by atoms with Crippen molar-refractivity contribution in [2.24, 2.45) is 5.73 Å². The monoisotopic (exact) mass is 148 g/mol. The first kappa shape index (κ1) is 12.2. The molecule has 4 heteroatoms. The molecule has 3 N–H and O–H groups in total. The molecule has 0 aliphatic carbocycles. The summed E-state index contributed by atoms with van der Waals surface area (Å²) in [6.07, 6.45) is 0.708. The predicted octanol–water partition coefficient (Wildman–Crippen LogP) is -1.00. The lowest BCUT2D eigenvalue weighted by Gasteiger charge is -1.85. The number of methoxy groups -OCH3 is 1. The predicted molar refractivity (Wildman–Crippen MR) is 40.9 cm³/mol. The van der Waals surface area contributed by atoms with Gasteiger partial charge >= 0.3 is 0 Å². The van der Waals surface area contributed by atoms with Gasteiger partial charge in [0.1, 0.15) is 12.9 Å². The van der Waals surface area contributed by atoms with Crippen molar-refractivity contribution >= 4 is 6.29 Å².